The van der Waals surface area contributed by atoms with Crippen LogP contribution < -0.4 is 10.1 Å². The number of nitrogens with one attached hydrogen (secondary N) is 1. The third-order valence-electron chi connectivity index (χ3n) is 4.18. The number of hydrogen-bond donors (Lipinski definition) is 1. The first-order valence-electron chi connectivity index (χ1n) is 9.12. The molecule has 0 saturated carbocycles. The number of rotatable bonds is 8. The van der Waals surface area contributed by atoms with Crippen molar-refractivity contribution in [3.05, 3.63) is 59.2 Å². The summed E-state index contributed by atoms with van der Waals surface area (Å²) in [6, 6.07) is 12.3. The lowest BCUT2D eigenvalue weighted by Crippen LogP contribution is -2.20. The van der Waals surface area contributed by atoms with Gasteiger partial charge >= 0.3 is 5.97 Å². The molecule has 0 heterocycles. The summed E-state index contributed by atoms with van der Waals surface area (Å²) in [4.78, 5) is 24.0. The first kappa shape index (κ1) is 20.5. The molecule has 0 aromatic heterocycles. The highest BCUT2D eigenvalue weighted by Gasteiger charge is 2.09. The minimum atomic E-state index is -0.355. The van der Waals surface area contributed by atoms with E-state index in [1.54, 1.807) is 24.3 Å². The van der Waals surface area contributed by atoms with E-state index < -0.39 is 0 Å². The fraction of sp³-hybridized carbons (Fsp3) is 0.364. The zero-order chi connectivity index (χ0) is 19.8. The van der Waals surface area contributed by atoms with Crippen LogP contribution in [-0.4, -0.2) is 25.1 Å². The van der Waals surface area contributed by atoms with E-state index in [0.29, 0.717) is 29.5 Å². The highest BCUT2D eigenvalue weighted by Crippen LogP contribution is 2.16. The SMILES string of the molecule is Cc1ccc(OCC(=O)Nc2ccc(C(=O)OCCC(C)C)cc2)cc1C. The van der Waals surface area contributed by atoms with Gasteiger partial charge < -0.3 is 14.8 Å². The van der Waals surface area contributed by atoms with E-state index >= 15 is 0 Å². The average molecular weight is 369 g/mol. The second-order valence-corrected chi connectivity index (χ2v) is 6.98. The number of ether oxygens (including phenoxy) is 2. The van der Waals surface area contributed by atoms with Gasteiger partial charge in [-0.1, -0.05) is 19.9 Å². The molecule has 0 bridgehead atoms. The van der Waals surface area contributed by atoms with Gasteiger partial charge in [-0.25, -0.2) is 4.79 Å². The molecule has 2 rings (SSSR count). The summed E-state index contributed by atoms with van der Waals surface area (Å²) in [5.41, 5.74) is 3.35. The Kier molecular flexibility index (Phi) is 7.41. The van der Waals surface area contributed by atoms with Crippen molar-refractivity contribution < 1.29 is 19.1 Å². The van der Waals surface area contributed by atoms with E-state index in [-0.39, 0.29) is 18.5 Å². The van der Waals surface area contributed by atoms with Gasteiger partial charge in [0.25, 0.3) is 5.91 Å². The third kappa shape index (κ3) is 6.77. The molecule has 5 nitrogen and oxygen atoms in total. The van der Waals surface area contributed by atoms with Crippen LogP contribution in [0.1, 0.15) is 41.8 Å². The molecule has 0 aliphatic rings. The van der Waals surface area contributed by atoms with Gasteiger partial charge in [0.15, 0.2) is 6.61 Å². The Morgan fingerprint density at radius 3 is 2.33 bits per heavy atom. The van der Waals surface area contributed by atoms with E-state index in [1.165, 1.54) is 5.56 Å². The maximum atomic E-state index is 12.0. The maximum Gasteiger partial charge on any atom is 0.338 e. The topological polar surface area (TPSA) is 64.6 Å². The van der Waals surface area contributed by atoms with Crippen LogP contribution in [0, 0.1) is 19.8 Å². The predicted octanol–water partition coefficient (Wildman–Crippen LogP) is 4.52. The monoisotopic (exact) mass is 369 g/mol. The zero-order valence-corrected chi connectivity index (χ0v) is 16.4. The second kappa shape index (κ2) is 9.76. The molecule has 0 aliphatic heterocycles. The van der Waals surface area contributed by atoms with Gasteiger partial charge in [0.1, 0.15) is 5.75 Å². The average Bonchev–Trinajstić information content (AvgIpc) is 2.63. The number of esters is 1. The lowest BCUT2D eigenvalue weighted by Gasteiger charge is -2.10. The second-order valence-electron chi connectivity index (χ2n) is 6.98. The summed E-state index contributed by atoms with van der Waals surface area (Å²) in [5, 5.41) is 2.75. The van der Waals surface area contributed by atoms with Crippen LogP contribution in [0.25, 0.3) is 0 Å². The normalized spacial score (nSPS) is 10.6. The van der Waals surface area contributed by atoms with Crippen LogP contribution in [0.15, 0.2) is 42.5 Å². The van der Waals surface area contributed by atoms with Crippen LogP contribution >= 0.6 is 0 Å². The molecule has 0 unspecified atom stereocenters. The molecule has 0 atom stereocenters. The third-order valence-corrected chi connectivity index (χ3v) is 4.18. The van der Waals surface area contributed by atoms with Crippen LogP contribution in [0.4, 0.5) is 5.69 Å². The number of carbonyl (C=O) groups excluding carboxylic acids is 2. The number of hydrogen-bond acceptors (Lipinski definition) is 4. The Morgan fingerprint density at radius 1 is 1.00 bits per heavy atom. The Bertz CT molecular complexity index is 781. The Morgan fingerprint density at radius 2 is 1.70 bits per heavy atom. The molecule has 0 saturated heterocycles. The van der Waals surface area contributed by atoms with Gasteiger partial charge in [0, 0.05) is 5.69 Å². The quantitative estimate of drug-likeness (QED) is 0.695. The van der Waals surface area contributed by atoms with Crippen molar-refractivity contribution >= 4 is 17.6 Å². The zero-order valence-electron chi connectivity index (χ0n) is 16.4. The highest BCUT2D eigenvalue weighted by atomic mass is 16.5. The van der Waals surface area contributed by atoms with Crippen molar-refractivity contribution in [1.82, 2.24) is 0 Å². The van der Waals surface area contributed by atoms with Crippen LogP contribution in [0.5, 0.6) is 5.75 Å². The molecule has 0 radical (unpaired) electrons. The maximum absolute atomic E-state index is 12.0. The summed E-state index contributed by atoms with van der Waals surface area (Å²) < 4.78 is 10.7. The first-order chi connectivity index (χ1) is 12.8. The van der Waals surface area contributed by atoms with Crippen LogP contribution in [-0.2, 0) is 9.53 Å². The van der Waals surface area contributed by atoms with Gasteiger partial charge in [-0.3, -0.25) is 4.79 Å². The highest BCUT2D eigenvalue weighted by molar-refractivity contribution is 5.93. The summed E-state index contributed by atoms with van der Waals surface area (Å²) in [6.45, 7) is 8.50. The number of amides is 1. The molecule has 27 heavy (non-hydrogen) atoms. The van der Waals surface area contributed by atoms with E-state index in [1.807, 2.05) is 32.0 Å². The molecule has 0 fully saturated rings. The van der Waals surface area contributed by atoms with Gasteiger partial charge in [-0.05, 0) is 73.7 Å². The minimum Gasteiger partial charge on any atom is -0.484 e. The Hall–Kier alpha value is -2.82. The van der Waals surface area contributed by atoms with Crippen molar-refractivity contribution in [3.8, 4) is 5.75 Å². The standard InChI is InChI=1S/C22H27NO4/c1-15(2)11-12-26-22(25)18-6-8-19(9-7-18)23-21(24)14-27-20-10-5-16(3)17(4)13-20/h5-10,13,15H,11-12,14H2,1-4H3,(H,23,24). The van der Waals surface area contributed by atoms with Crippen LogP contribution in [0.2, 0.25) is 0 Å². The fourth-order valence-electron chi connectivity index (χ4n) is 2.31. The van der Waals surface area contributed by atoms with E-state index in [2.05, 4.69) is 19.2 Å². The predicted molar refractivity (Wildman–Crippen MR) is 106 cm³/mol. The van der Waals surface area contributed by atoms with Crippen LogP contribution in [0.3, 0.4) is 0 Å². The lowest BCUT2D eigenvalue weighted by molar-refractivity contribution is -0.118. The molecular weight excluding hydrogens is 342 g/mol. The van der Waals surface area contributed by atoms with Crippen molar-refractivity contribution in [1.29, 1.82) is 0 Å². The summed E-state index contributed by atoms with van der Waals surface area (Å²) in [7, 11) is 0. The van der Waals surface area contributed by atoms with E-state index in [4.69, 9.17) is 9.47 Å². The summed E-state index contributed by atoms with van der Waals surface area (Å²) in [5.74, 6) is 0.529. The van der Waals surface area contributed by atoms with Gasteiger partial charge in [0.2, 0.25) is 0 Å². The van der Waals surface area contributed by atoms with Crippen molar-refractivity contribution in [3.63, 3.8) is 0 Å². The molecule has 2 aromatic rings. The van der Waals surface area contributed by atoms with Crippen molar-refractivity contribution in [2.24, 2.45) is 5.92 Å². The molecule has 2 aromatic carbocycles. The molecule has 144 valence electrons. The van der Waals surface area contributed by atoms with Gasteiger partial charge in [-0.2, -0.15) is 0 Å². The molecule has 5 heteroatoms. The van der Waals surface area contributed by atoms with Crippen molar-refractivity contribution in [2.45, 2.75) is 34.1 Å². The smallest absolute Gasteiger partial charge is 0.338 e. The number of benzene rings is 2. The largest absolute Gasteiger partial charge is 0.484 e. The van der Waals surface area contributed by atoms with Crippen molar-refractivity contribution in [2.75, 3.05) is 18.5 Å². The molecular formula is C22H27NO4. The summed E-state index contributed by atoms with van der Waals surface area (Å²) >= 11 is 0. The fourth-order valence-corrected chi connectivity index (χ4v) is 2.31. The Balaban J connectivity index is 1.81. The lowest BCUT2D eigenvalue weighted by atomic mass is 10.1. The van der Waals surface area contributed by atoms with E-state index in [9.17, 15) is 9.59 Å². The molecule has 1 amide bonds. The van der Waals surface area contributed by atoms with Gasteiger partial charge in [-0.15, -0.1) is 0 Å². The molecule has 0 aliphatic carbocycles. The minimum absolute atomic E-state index is 0.0818. The van der Waals surface area contributed by atoms with E-state index in [0.717, 1.165) is 12.0 Å². The number of anilines is 1. The number of carbonyl (C=O) groups is 2. The summed E-state index contributed by atoms with van der Waals surface area (Å²) in [6.07, 6.45) is 0.834. The number of aryl methyl sites for hydroxylation is 2. The molecule has 1 N–H and O–H groups in total. The van der Waals surface area contributed by atoms with Gasteiger partial charge in [0.05, 0.1) is 12.2 Å². The Labute approximate surface area is 160 Å². The molecule has 0 spiro atoms. The first-order valence-corrected chi connectivity index (χ1v) is 9.12.